The molecule has 2 aromatic rings. The van der Waals surface area contributed by atoms with E-state index in [1.165, 1.54) is 12.1 Å². The van der Waals surface area contributed by atoms with Gasteiger partial charge in [0.25, 0.3) is 0 Å². The summed E-state index contributed by atoms with van der Waals surface area (Å²) in [6.45, 7) is 0.233. The number of hydrogen-bond acceptors (Lipinski definition) is 4. The molecular formula is C16H15FO4. The number of carbonyl (C=O) groups excluding carboxylic acids is 1. The predicted molar refractivity (Wildman–Crippen MR) is 74.1 cm³/mol. The van der Waals surface area contributed by atoms with E-state index < -0.39 is 17.9 Å². The van der Waals surface area contributed by atoms with E-state index >= 15 is 0 Å². The lowest BCUT2D eigenvalue weighted by atomic mass is 10.1. The fraction of sp³-hybridized carbons (Fsp3) is 0.188. The SMILES string of the molecule is COC(=O)C(O)c1ccc(OCc2ccccc2)c(F)c1. The summed E-state index contributed by atoms with van der Waals surface area (Å²) in [5.41, 5.74) is 1.03. The van der Waals surface area contributed by atoms with Crippen molar-refractivity contribution in [3.63, 3.8) is 0 Å². The third-order valence-electron chi connectivity index (χ3n) is 2.93. The summed E-state index contributed by atoms with van der Waals surface area (Å²) in [7, 11) is 1.15. The molecule has 5 heteroatoms. The van der Waals surface area contributed by atoms with Gasteiger partial charge in [-0.1, -0.05) is 36.4 Å². The van der Waals surface area contributed by atoms with E-state index in [4.69, 9.17) is 4.74 Å². The maximum absolute atomic E-state index is 13.9. The van der Waals surface area contributed by atoms with Crippen molar-refractivity contribution < 1.29 is 23.8 Å². The fourth-order valence-corrected chi connectivity index (χ4v) is 1.79. The Kier molecular flexibility index (Phi) is 4.90. The number of ether oxygens (including phenoxy) is 2. The zero-order valence-corrected chi connectivity index (χ0v) is 11.5. The molecular weight excluding hydrogens is 275 g/mol. The lowest BCUT2D eigenvalue weighted by Gasteiger charge is -2.11. The number of benzene rings is 2. The molecule has 4 nitrogen and oxygen atoms in total. The molecule has 0 bridgehead atoms. The van der Waals surface area contributed by atoms with Gasteiger partial charge in [-0.25, -0.2) is 9.18 Å². The van der Waals surface area contributed by atoms with Crippen LogP contribution in [0.25, 0.3) is 0 Å². The molecule has 1 atom stereocenters. The van der Waals surface area contributed by atoms with Gasteiger partial charge in [0.1, 0.15) is 6.61 Å². The second-order valence-corrected chi connectivity index (χ2v) is 4.39. The lowest BCUT2D eigenvalue weighted by molar-refractivity contribution is -0.150. The Labute approximate surface area is 121 Å². The molecule has 0 saturated heterocycles. The maximum Gasteiger partial charge on any atom is 0.339 e. The third kappa shape index (κ3) is 3.79. The molecule has 0 aliphatic rings. The van der Waals surface area contributed by atoms with Crippen molar-refractivity contribution in [3.05, 3.63) is 65.5 Å². The van der Waals surface area contributed by atoms with Crippen LogP contribution < -0.4 is 4.74 Å². The molecule has 0 amide bonds. The third-order valence-corrected chi connectivity index (χ3v) is 2.93. The molecule has 0 saturated carbocycles. The Morgan fingerprint density at radius 1 is 1.24 bits per heavy atom. The highest BCUT2D eigenvalue weighted by Crippen LogP contribution is 2.23. The summed E-state index contributed by atoms with van der Waals surface area (Å²) in [6, 6.07) is 13.2. The van der Waals surface area contributed by atoms with Crippen molar-refractivity contribution in [2.45, 2.75) is 12.7 Å². The van der Waals surface area contributed by atoms with Crippen molar-refractivity contribution in [2.24, 2.45) is 0 Å². The Morgan fingerprint density at radius 3 is 2.57 bits per heavy atom. The van der Waals surface area contributed by atoms with Gasteiger partial charge in [-0.15, -0.1) is 0 Å². The number of aliphatic hydroxyl groups is 1. The van der Waals surface area contributed by atoms with Gasteiger partial charge < -0.3 is 14.6 Å². The van der Waals surface area contributed by atoms with E-state index in [-0.39, 0.29) is 17.9 Å². The Morgan fingerprint density at radius 2 is 1.95 bits per heavy atom. The van der Waals surface area contributed by atoms with E-state index in [1.54, 1.807) is 0 Å². The standard InChI is InChI=1S/C16H15FO4/c1-20-16(19)15(18)12-7-8-14(13(17)9-12)21-10-11-5-3-2-4-6-11/h2-9,15,18H,10H2,1H3. The van der Waals surface area contributed by atoms with Crippen molar-refractivity contribution in [2.75, 3.05) is 7.11 Å². The van der Waals surface area contributed by atoms with Crippen LogP contribution >= 0.6 is 0 Å². The summed E-state index contributed by atoms with van der Waals surface area (Å²) >= 11 is 0. The van der Waals surface area contributed by atoms with Gasteiger partial charge in [-0.05, 0) is 23.3 Å². The highest BCUT2D eigenvalue weighted by molar-refractivity contribution is 5.76. The average Bonchev–Trinajstić information content (AvgIpc) is 2.53. The van der Waals surface area contributed by atoms with Crippen LogP contribution in [0.2, 0.25) is 0 Å². The second kappa shape index (κ2) is 6.85. The molecule has 1 N–H and O–H groups in total. The maximum atomic E-state index is 13.9. The van der Waals surface area contributed by atoms with E-state index in [0.29, 0.717) is 0 Å². The Balaban J connectivity index is 2.07. The molecule has 0 spiro atoms. The molecule has 0 aliphatic carbocycles. The molecule has 0 fully saturated rings. The van der Waals surface area contributed by atoms with Crippen LogP contribution in [0.15, 0.2) is 48.5 Å². The van der Waals surface area contributed by atoms with Gasteiger partial charge in [0.15, 0.2) is 17.7 Å². The summed E-state index contributed by atoms with van der Waals surface area (Å²) < 4.78 is 23.7. The largest absolute Gasteiger partial charge is 0.486 e. The normalized spacial score (nSPS) is 11.8. The number of hydrogen-bond donors (Lipinski definition) is 1. The fourth-order valence-electron chi connectivity index (χ4n) is 1.79. The van der Waals surface area contributed by atoms with Crippen LogP contribution in [0, 0.1) is 5.82 Å². The van der Waals surface area contributed by atoms with Gasteiger partial charge in [-0.3, -0.25) is 0 Å². The van der Waals surface area contributed by atoms with Gasteiger partial charge in [0.05, 0.1) is 7.11 Å². The predicted octanol–water partition coefficient (Wildman–Crippen LogP) is 2.61. The van der Waals surface area contributed by atoms with Crippen LogP contribution in [0.4, 0.5) is 4.39 Å². The Hall–Kier alpha value is -2.40. The summed E-state index contributed by atoms with van der Waals surface area (Å²) in [4.78, 5) is 11.2. The van der Waals surface area contributed by atoms with Crippen LogP contribution in [0.3, 0.4) is 0 Å². The average molecular weight is 290 g/mol. The van der Waals surface area contributed by atoms with E-state index in [0.717, 1.165) is 18.7 Å². The molecule has 0 heterocycles. The Bertz CT molecular complexity index is 613. The van der Waals surface area contributed by atoms with E-state index in [2.05, 4.69) is 4.74 Å². The van der Waals surface area contributed by atoms with Crippen LogP contribution in [0.5, 0.6) is 5.75 Å². The highest BCUT2D eigenvalue weighted by Gasteiger charge is 2.19. The smallest absolute Gasteiger partial charge is 0.339 e. The molecule has 2 aromatic carbocycles. The molecule has 21 heavy (non-hydrogen) atoms. The minimum Gasteiger partial charge on any atom is -0.486 e. The van der Waals surface area contributed by atoms with Crippen molar-refractivity contribution >= 4 is 5.97 Å². The second-order valence-electron chi connectivity index (χ2n) is 4.39. The minimum absolute atomic E-state index is 0.0552. The minimum atomic E-state index is -1.51. The number of esters is 1. The first-order valence-electron chi connectivity index (χ1n) is 6.34. The van der Waals surface area contributed by atoms with Crippen LogP contribution in [0.1, 0.15) is 17.2 Å². The lowest BCUT2D eigenvalue weighted by Crippen LogP contribution is -2.13. The van der Waals surface area contributed by atoms with Crippen LogP contribution in [-0.4, -0.2) is 18.2 Å². The summed E-state index contributed by atoms with van der Waals surface area (Å²) in [5.74, 6) is -1.43. The van der Waals surface area contributed by atoms with Crippen molar-refractivity contribution in [3.8, 4) is 5.75 Å². The van der Waals surface area contributed by atoms with E-state index in [1.807, 2.05) is 30.3 Å². The number of aliphatic hydroxyl groups excluding tert-OH is 1. The summed E-state index contributed by atoms with van der Waals surface area (Å²) in [5, 5.41) is 9.63. The van der Waals surface area contributed by atoms with Gasteiger partial charge in [-0.2, -0.15) is 0 Å². The molecule has 110 valence electrons. The van der Waals surface area contributed by atoms with Crippen molar-refractivity contribution in [1.29, 1.82) is 0 Å². The molecule has 0 aliphatic heterocycles. The topological polar surface area (TPSA) is 55.8 Å². The van der Waals surface area contributed by atoms with Gasteiger partial charge in [0.2, 0.25) is 0 Å². The quantitative estimate of drug-likeness (QED) is 0.860. The number of methoxy groups -OCH3 is 1. The molecule has 1 unspecified atom stereocenters. The van der Waals surface area contributed by atoms with Gasteiger partial charge >= 0.3 is 5.97 Å². The van der Waals surface area contributed by atoms with Crippen molar-refractivity contribution in [1.82, 2.24) is 0 Å². The summed E-state index contributed by atoms with van der Waals surface area (Å²) in [6.07, 6.45) is -1.51. The van der Waals surface area contributed by atoms with Gasteiger partial charge in [0, 0.05) is 0 Å². The zero-order chi connectivity index (χ0) is 15.2. The zero-order valence-electron chi connectivity index (χ0n) is 11.5. The number of halogens is 1. The first kappa shape index (κ1) is 15.0. The van der Waals surface area contributed by atoms with E-state index in [9.17, 15) is 14.3 Å². The number of carbonyl (C=O) groups is 1. The molecule has 0 radical (unpaired) electrons. The first-order chi connectivity index (χ1) is 10.1. The van der Waals surface area contributed by atoms with Crippen LogP contribution in [-0.2, 0) is 16.1 Å². The first-order valence-corrected chi connectivity index (χ1v) is 6.34. The molecule has 2 rings (SSSR count). The highest BCUT2D eigenvalue weighted by atomic mass is 19.1. The molecule has 0 aromatic heterocycles. The number of rotatable bonds is 5. The monoisotopic (exact) mass is 290 g/mol.